The van der Waals surface area contributed by atoms with Gasteiger partial charge in [0.2, 0.25) is 0 Å². The average molecular weight is 407 g/mol. The minimum Gasteiger partial charge on any atom is -0.343 e. The summed E-state index contributed by atoms with van der Waals surface area (Å²) in [6.07, 6.45) is 25.3. The van der Waals surface area contributed by atoms with Crippen LogP contribution >= 0.6 is 0 Å². The van der Waals surface area contributed by atoms with E-state index < -0.39 is 0 Å². The van der Waals surface area contributed by atoms with Gasteiger partial charge < -0.3 is 10.6 Å². The molecule has 0 amide bonds. The molecule has 4 nitrogen and oxygen atoms in total. The van der Waals surface area contributed by atoms with E-state index in [9.17, 15) is 0 Å². The van der Waals surface area contributed by atoms with Crippen LogP contribution in [0, 0.1) is 0 Å². The molecule has 1 aliphatic heterocycles. The Hall–Kier alpha value is -0.870. The van der Waals surface area contributed by atoms with Gasteiger partial charge in [-0.25, -0.2) is 0 Å². The first-order chi connectivity index (χ1) is 14.1. The number of hydrogen-bond acceptors (Lipinski definition) is 4. The fraction of sp³-hybridized carbons (Fsp3) is 0.880. The molecule has 1 rings (SSSR count). The van der Waals surface area contributed by atoms with Crippen LogP contribution in [0.2, 0.25) is 0 Å². The molecular formula is C25H50N4. The van der Waals surface area contributed by atoms with Gasteiger partial charge in [-0.3, -0.25) is 10.3 Å². The number of hydrogen-bond donors (Lipinski definition) is 2. The van der Waals surface area contributed by atoms with Crippen molar-refractivity contribution < 1.29 is 0 Å². The van der Waals surface area contributed by atoms with Crippen LogP contribution in [0.5, 0.6) is 0 Å². The Morgan fingerprint density at radius 2 is 1.45 bits per heavy atom. The highest BCUT2D eigenvalue weighted by atomic mass is 15.3. The van der Waals surface area contributed by atoms with Crippen LogP contribution in [-0.2, 0) is 0 Å². The molecular weight excluding hydrogens is 356 g/mol. The van der Waals surface area contributed by atoms with Crippen molar-refractivity contribution in [1.82, 2.24) is 10.2 Å². The van der Waals surface area contributed by atoms with Gasteiger partial charge in [0.15, 0.2) is 0 Å². The number of rotatable bonds is 19. The third kappa shape index (κ3) is 13.9. The van der Waals surface area contributed by atoms with Crippen molar-refractivity contribution in [1.29, 1.82) is 0 Å². The van der Waals surface area contributed by atoms with Crippen LogP contribution in [0.1, 0.15) is 117 Å². The summed E-state index contributed by atoms with van der Waals surface area (Å²) in [5, 5.41) is 3.39. The molecule has 0 aromatic rings. The van der Waals surface area contributed by atoms with Crippen molar-refractivity contribution in [3.8, 4) is 0 Å². The Labute approximate surface area is 181 Å². The molecule has 2 unspecified atom stereocenters. The molecule has 29 heavy (non-hydrogen) atoms. The summed E-state index contributed by atoms with van der Waals surface area (Å²) in [5.41, 5.74) is 5.86. The molecule has 1 aliphatic rings. The van der Waals surface area contributed by atoms with Crippen LogP contribution in [0.3, 0.4) is 0 Å². The molecule has 0 saturated heterocycles. The molecule has 0 aromatic heterocycles. The fourth-order valence-corrected chi connectivity index (χ4v) is 4.15. The number of aliphatic imine (C=N–C) groups is 1. The Bertz CT molecular complexity index is 431. The monoisotopic (exact) mass is 406 g/mol. The van der Waals surface area contributed by atoms with E-state index in [1.54, 1.807) is 0 Å². The van der Waals surface area contributed by atoms with Crippen LogP contribution in [0.15, 0.2) is 17.1 Å². The van der Waals surface area contributed by atoms with Gasteiger partial charge in [0.05, 0.1) is 18.9 Å². The van der Waals surface area contributed by atoms with E-state index in [1.165, 1.54) is 95.7 Å². The number of amidine groups is 1. The maximum atomic E-state index is 5.86. The second-order valence-corrected chi connectivity index (χ2v) is 8.81. The highest BCUT2D eigenvalue weighted by molar-refractivity contribution is 5.83. The lowest BCUT2D eigenvalue weighted by atomic mass is 10.1. The molecule has 0 spiro atoms. The van der Waals surface area contributed by atoms with E-state index >= 15 is 0 Å². The zero-order valence-corrected chi connectivity index (χ0v) is 19.8. The second kappa shape index (κ2) is 17.9. The van der Waals surface area contributed by atoms with Gasteiger partial charge in [-0.1, -0.05) is 76.9 Å². The zero-order valence-electron chi connectivity index (χ0n) is 19.8. The predicted octanol–water partition coefficient (Wildman–Crippen LogP) is 6.37. The lowest BCUT2D eigenvalue weighted by molar-refractivity contribution is 0.277. The molecule has 4 heteroatoms. The third-order valence-electron chi connectivity index (χ3n) is 5.85. The van der Waals surface area contributed by atoms with Gasteiger partial charge in [0, 0.05) is 13.0 Å². The highest BCUT2D eigenvalue weighted by Crippen LogP contribution is 2.14. The van der Waals surface area contributed by atoms with Gasteiger partial charge in [-0.05, 0) is 46.0 Å². The Kier molecular flexibility index (Phi) is 16.2. The first-order valence-corrected chi connectivity index (χ1v) is 12.6. The molecule has 0 bridgehead atoms. The van der Waals surface area contributed by atoms with E-state index in [0.29, 0.717) is 0 Å². The van der Waals surface area contributed by atoms with Gasteiger partial charge in [-0.15, -0.1) is 0 Å². The summed E-state index contributed by atoms with van der Waals surface area (Å²) < 4.78 is 0. The molecule has 3 N–H and O–H groups in total. The third-order valence-corrected chi connectivity index (χ3v) is 5.85. The normalized spacial score (nSPS) is 16.6. The molecule has 0 fully saturated rings. The van der Waals surface area contributed by atoms with Crippen molar-refractivity contribution in [2.24, 2.45) is 10.7 Å². The number of nitrogens with zero attached hydrogens (tertiary/aromatic N) is 2. The Morgan fingerprint density at radius 3 is 2.03 bits per heavy atom. The first kappa shape index (κ1) is 26.2. The predicted molar refractivity (Wildman–Crippen MR) is 129 cm³/mol. The maximum Gasteiger partial charge on any atom is 0.100 e. The summed E-state index contributed by atoms with van der Waals surface area (Å²) in [7, 11) is 0. The minimum absolute atomic E-state index is 0.0252. The van der Waals surface area contributed by atoms with Crippen molar-refractivity contribution in [2.75, 3.05) is 13.1 Å². The number of nitrogens with two attached hydrogens (primary N) is 1. The summed E-state index contributed by atoms with van der Waals surface area (Å²) in [4.78, 5) is 7.10. The first-order valence-electron chi connectivity index (χ1n) is 12.6. The van der Waals surface area contributed by atoms with Crippen LogP contribution in [0.4, 0.5) is 0 Å². The van der Waals surface area contributed by atoms with Crippen molar-refractivity contribution >= 4 is 5.84 Å². The lowest BCUT2D eigenvalue weighted by Crippen LogP contribution is -2.51. The number of unbranched alkanes of at least 4 members (excludes halogenated alkanes) is 12. The van der Waals surface area contributed by atoms with Crippen molar-refractivity contribution in [3.05, 3.63) is 12.2 Å². The van der Waals surface area contributed by atoms with Gasteiger partial charge in [0.25, 0.3) is 0 Å². The molecule has 0 aliphatic carbocycles. The van der Waals surface area contributed by atoms with E-state index in [0.717, 1.165) is 19.5 Å². The molecule has 0 radical (unpaired) electrons. The smallest absolute Gasteiger partial charge is 0.100 e. The molecule has 0 aromatic carbocycles. The minimum atomic E-state index is 0.0252. The van der Waals surface area contributed by atoms with Crippen LogP contribution in [-0.4, -0.2) is 36.2 Å². The highest BCUT2D eigenvalue weighted by Gasteiger charge is 2.21. The van der Waals surface area contributed by atoms with Crippen LogP contribution < -0.4 is 11.1 Å². The zero-order chi connectivity index (χ0) is 21.2. The second-order valence-electron chi connectivity index (χ2n) is 8.81. The lowest BCUT2D eigenvalue weighted by Gasteiger charge is -2.30. The maximum absolute atomic E-state index is 5.86. The fourth-order valence-electron chi connectivity index (χ4n) is 4.15. The van der Waals surface area contributed by atoms with Crippen molar-refractivity contribution in [2.45, 2.75) is 129 Å². The van der Waals surface area contributed by atoms with E-state index in [1.807, 2.05) is 6.92 Å². The SMILES string of the molecule is CCCCCCCC/C=C\CCCCCCCCC1=NCCN1C(C)NC(C)N. The number of allylic oxidation sites excluding steroid dienone is 2. The molecule has 0 saturated carbocycles. The molecule has 170 valence electrons. The van der Waals surface area contributed by atoms with Gasteiger partial charge in [-0.2, -0.15) is 0 Å². The average Bonchev–Trinajstić information content (AvgIpc) is 3.16. The topological polar surface area (TPSA) is 53.6 Å². The molecule has 1 heterocycles. The Balaban J connectivity index is 1.90. The largest absolute Gasteiger partial charge is 0.343 e. The molecule has 2 atom stereocenters. The summed E-state index contributed by atoms with van der Waals surface area (Å²) in [6, 6.07) is 0. The summed E-state index contributed by atoms with van der Waals surface area (Å²) in [6.45, 7) is 8.43. The van der Waals surface area contributed by atoms with E-state index in [2.05, 4.69) is 36.2 Å². The van der Waals surface area contributed by atoms with Crippen molar-refractivity contribution in [3.63, 3.8) is 0 Å². The summed E-state index contributed by atoms with van der Waals surface area (Å²) >= 11 is 0. The van der Waals surface area contributed by atoms with E-state index in [4.69, 9.17) is 10.7 Å². The van der Waals surface area contributed by atoms with Crippen LogP contribution in [0.25, 0.3) is 0 Å². The quantitative estimate of drug-likeness (QED) is 0.149. The van der Waals surface area contributed by atoms with Gasteiger partial charge in [0.1, 0.15) is 5.84 Å². The number of nitrogens with one attached hydrogen (secondary N) is 1. The standard InChI is InChI=1S/C25H50N4/c1-4-5-6-7-8-9-10-11-12-13-14-15-16-17-18-19-20-25-27-21-22-29(25)24(3)28-23(2)26/h11-12,23-24,28H,4-10,13-22,26H2,1-3H3/b12-11-. The Morgan fingerprint density at radius 1 is 0.897 bits per heavy atom. The summed E-state index contributed by atoms with van der Waals surface area (Å²) in [5.74, 6) is 1.28. The van der Waals surface area contributed by atoms with E-state index in [-0.39, 0.29) is 12.3 Å². The van der Waals surface area contributed by atoms with Gasteiger partial charge >= 0.3 is 0 Å².